The Balaban J connectivity index is 1.69. The first-order valence-electron chi connectivity index (χ1n) is 12.2. The zero-order chi connectivity index (χ0) is 27.5. The van der Waals surface area contributed by atoms with E-state index in [9.17, 15) is 14.4 Å². The van der Waals surface area contributed by atoms with Gasteiger partial charge in [0, 0.05) is 18.2 Å². The van der Waals surface area contributed by atoms with Crippen LogP contribution in [-0.4, -0.2) is 23.6 Å². The van der Waals surface area contributed by atoms with Gasteiger partial charge in [0.25, 0.3) is 11.5 Å². The molecule has 0 saturated heterocycles. The number of hydrogen-bond donors (Lipinski definition) is 1. The lowest BCUT2D eigenvalue weighted by atomic mass is 9.95. The molecule has 8 nitrogen and oxygen atoms in total. The van der Waals surface area contributed by atoms with Crippen LogP contribution in [-0.2, 0) is 9.59 Å². The molecule has 9 heteroatoms. The maximum atomic E-state index is 13.9. The number of benzene rings is 3. The van der Waals surface area contributed by atoms with Crippen molar-refractivity contribution in [3.05, 3.63) is 121 Å². The number of carbonyl (C=O) groups excluding carboxylic acids is 2. The van der Waals surface area contributed by atoms with E-state index in [0.29, 0.717) is 48.9 Å². The maximum absolute atomic E-state index is 13.9. The van der Waals surface area contributed by atoms with E-state index in [2.05, 4.69) is 10.3 Å². The highest BCUT2D eigenvalue weighted by Crippen LogP contribution is 2.32. The summed E-state index contributed by atoms with van der Waals surface area (Å²) in [6, 6.07) is 22.6. The van der Waals surface area contributed by atoms with Crippen LogP contribution in [0.1, 0.15) is 31.0 Å². The molecule has 5 rings (SSSR count). The molecule has 1 aliphatic heterocycles. The fraction of sp³-hybridized carbons (Fsp3) is 0.133. The van der Waals surface area contributed by atoms with E-state index in [1.54, 1.807) is 62.6 Å². The second-order valence-electron chi connectivity index (χ2n) is 8.81. The lowest BCUT2D eigenvalue weighted by Gasteiger charge is -2.25. The number of hydrogen-bond acceptors (Lipinski definition) is 7. The molecule has 39 heavy (non-hydrogen) atoms. The summed E-state index contributed by atoms with van der Waals surface area (Å²) in [6.07, 6.45) is 1.67. The molecule has 0 radical (unpaired) electrons. The lowest BCUT2D eigenvalue weighted by molar-refractivity contribution is -0.131. The van der Waals surface area contributed by atoms with Gasteiger partial charge in [-0.2, -0.15) is 0 Å². The molecule has 4 aromatic rings. The smallest absolute Gasteiger partial charge is 0.308 e. The zero-order valence-corrected chi connectivity index (χ0v) is 22.3. The highest BCUT2D eigenvalue weighted by molar-refractivity contribution is 7.07. The van der Waals surface area contributed by atoms with Gasteiger partial charge in [-0.3, -0.25) is 19.0 Å². The van der Waals surface area contributed by atoms with Gasteiger partial charge in [0.05, 0.1) is 29.0 Å². The van der Waals surface area contributed by atoms with Crippen molar-refractivity contribution in [2.24, 2.45) is 4.99 Å². The highest BCUT2D eigenvalue weighted by Gasteiger charge is 2.32. The van der Waals surface area contributed by atoms with E-state index in [1.165, 1.54) is 22.8 Å². The monoisotopic (exact) mass is 539 g/mol. The molecule has 196 valence electrons. The van der Waals surface area contributed by atoms with E-state index in [4.69, 9.17) is 9.47 Å². The molecule has 1 aromatic heterocycles. The first kappa shape index (κ1) is 25.9. The van der Waals surface area contributed by atoms with Crippen molar-refractivity contribution in [2.75, 3.05) is 12.4 Å². The molecule has 0 unspecified atom stereocenters. The summed E-state index contributed by atoms with van der Waals surface area (Å²) in [5.41, 5.74) is 2.45. The second kappa shape index (κ2) is 10.9. The number of ether oxygens (including phenoxy) is 2. The maximum Gasteiger partial charge on any atom is 0.308 e. The second-order valence-corrected chi connectivity index (χ2v) is 9.82. The number of nitrogens with zero attached hydrogens (tertiary/aromatic N) is 2. The van der Waals surface area contributed by atoms with Gasteiger partial charge in [0.15, 0.2) is 4.80 Å². The molecule has 1 atom stereocenters. The third-order valence-electron chi connectivity index (χ3n) is 6.17. The minimum absolute atomic E-state index is 0.318. The summed E-state index contributed by atoms with van der Waals surface area (Å²) in [7, 11) is 1.56. The van der Waals surface area contributed by atoms with E-state index < -0.39 is 12.0 Å². The van der Waals surface area contributed by atoms with Crippen LogP contribution in [0.25, 0.3) is 6.08 Å². The van der Waals surface area contributed by atoms with E-state index in [1.807, 2.05) is 36.4 Å². The molecule has 2 heterocycles. The van der Waals surface area contributed by atoms with Gasteiger partial charge in [-0.1, -0.05) is 59.9 Å². The average molecular weight is 540 g/mol. The van der Waals surface area contributed by atoms with Crippen LogP contribution < -0.4 is 29.7 Å². The third kappa shape index (κ3) is 5.30. The number of esters is 1. The quantitative estimate of drug-likeness (QED) is 0.297. The summed E-state index contributed by atoms with van der Waals surface area (Å²) in [6.45, 7) is 3.09. The largest absolute Gasteiger partial charge is 0.497 e. The normalized spacial score (nSPS) is 14.8. The van der Waals surface area contributed by atoms with Gasteiger partial charge in [-0.05, 0) is 48.9 Å². The SMILES string of the molecule is COc1cccc([C@@H]2C(C(=O)Nc3ccccc3)=C(C)N=c3s/c(=C\c4ccccc4OC(C)=O)c(=O)n32)c1. The van der Waals surface area contributed by atoms with Crippen molar-refractivity contribution in [1.82, 2.24) is 4.57 Å². The summed E-state index contributed by atoms with van der Waals surface area (Å²) in [5.74, 6) is 0.131. The number of anilines is 1. The molecule has 0 fully saturated rings. The average Bonchev–Trinajstić information content (AvgIpc) is 3.23. The number of nitrogens with one attached hydrogen (secondary N) is 1. The number of fused-ring (bicyclic) bond motifs is 1. The number of thiazole rings is 1. The molecule has 0 spiro atoms. The van der Waals surface area contributed by atoms with Gasteiger partial charge in [-0.25, -0.2) is 4.99 Å². The number of rotatable bonds is 6. The Kier molecular flexibility index (Phi) is 7.25. The molecule has 0 saturated carbocycles. The first-order valence-corrected chi connectivity index (χ1v) is 13.0. The molecule has 0 bridgehead atoms. The molecular formula is C30H25N3O5S. The molecule has 3 aromatic carbocycles. The van der Waals surface area contributed by atoms with Crippen LogP contribution >= 0.6 is 11.3 Å². The summed E-state index contributed by atoms with van der Waals surface area (Å²) >= 11 is 1.20. The number of methoxy groups -OCH3 is 1. The summed E-state index contributed by atoms with van der Waals surface area (Å²) < 4.78 is 12.7. The van der Waals surface area contributed by atoms with Gasteiger partial charge < -0.3 is 14.8 Å². The van der Waals surface area contributed by atoms with E-state index >= 15 is 0 Å². The number of carbonyl (C=O) groups is 2. The Morgan fingerprint density at radius 1 is 1.03 bits per heavy atom. The topological polar surface area (TPSA) is 99.0 Å². The summed E-state index contributed by atoms with van der Waals surface area (Å²) in [5, 5.41) is 2.94. The van der Waals surface area contributed by atoms with Crippen LogP contribution in [0.3, 0.4) is 0 Å². The predicted molar refractivity (Wildman–Crippen MR) is 150 cm³/mol. The Morgan fingerprint density at radius 3 is 2.51 bits per heavy atom. The van der Waals surface area contributed by atoms with Gasteiger partial charge in [-0.15, -0.1) is 0 Å². The molecule has 1 N–H and O–H groups in total. The highest BCUT2D eigenvalue weighted by atomic mass is 32.1. The molecule has 1 aliphatic rings. The molecule has 1 amide bonds. The number of amides is 1. The van der Waals surface area contributed by atoms with Crippen LogP contribution in [0.5, 0.6) is 11.5 Å². The molecular weight excluding hydrogens is 514 g/mol. The minimum Gasteiger partial charge on any atom is -0.497 e. The molecule has 0 aliphatic carbocycles. The van der Waals surface area contributed by atoms with Crippen molar-refractivity contribution < 1.29 is 19.1 Å². The third-order valence-corrected chi connectivity index (χ3v) is 7.15. The number of allylic oxidation sites excluding steroid dienone is 1. The Hall–Kier alpha value is -4.76. The van der Waals surface area contributed by atoms with Gasteiger partial charge in [0.1, 0.15) is 11.5 Å². The van der Waals surface area contributed by atoms with Crippen LogP contribution in [0.2, 0.25) is 0 Å². The van der Waals surface area contributed by atoms with E-state index in [0.717, 1.165) is 0 Å². The zero-order valence-electron chi connectivity index (χ0n) is 21.5. The number of aromatic nitrogens is 1. The lowest BCUT2D eigenvalue weighted by Crippen LogP contribution is -2.40. The predicted octanol–water partition coefficient (Wildman–Crippen LogP) is 3.81. The van der Waals surface area contributed by atoms with Crippen molar-refractivity contribution in [3.8, 4) is 11.5 Å². The van der Waals surface area contributed by atoms with Gasteiger partial charge in [0.2, 0.25) is 0 Å². The van der Waals surface area contributed by atoms with Gasteiger partial charge >= 0.3 is 5.97 Å². The Morgan fingerprint density at radius 2 is 1.77 bits per heavy atom. The van der Waals surface area contributed by atoms with Crippen molar-refractivity contribution in [2.45, 2.75) is 19.9 Å². The fourth-order valence-corrected chi connectivity index (χ4v) is 5.49. The van der Waals surface area contributed by atoms with Crippen LogP contribution in [0.15, 0.2) is 99.9 Å². The Bertz CT molecular complexity index is 1790. The summed E-state index contributed by atoms with van der Waals surface area (Å²) in [4.78, 5) is 44.3. The van der Waals surface area contributed by atoms with Crippen molar-refractivity contribution in [1.29, 1.82) is 0 Å². The standard InChI is InChI=1S/C30H25N3O5S/c1-18-26(28(35)32-22-12-5-4-6-13-22)27(21-11-9-14-23(16-21)37-3)33-29(36)25(39-30(33)31-18)17-20-10-7-8-15-24(20)38-19(2)34/h4-17,27H,1-3H3,(H,32,35)/b25-17-/t27-/m1/s1. The first-order chi connectivity index (χ1) is 18.9. The Labute approximate surface area is 228 Å². The van der Waals surface area contributed by atoms with Crippen LogP contribution in [0, 0.1) is 0 Å². The van der Waals surface area contributed by atoms with Crippen LogP contribution in [0.4, 0.5) is 5.69 Å². The van der Waals surface area contributed by atoms with Crippen molar-refractivity contribution >= 4 is 35.0 Å². The van der Waals surface area contributed by atoms with E-state index in [-0.39, 0.29) is 11.5 Å². The fourth-order valence-electron chi connectivity index (χ4n) is 4.45. The minimum atomic E-state index is -0.745. The number of para-hydroxylation sites is 2. The van der Waals surface area contributed by atoms with Crippen molar-refractivity contribution in [3.63, 3.8) is 0 Å².